The molecule has 8 heteroatoms. The number of nitrogens with zero attached hydrogens (tertiary/aromatic N) is 1. The zero-order chi connectivity index (χ0) is 28.3. The molecule has 1 heterocycles. The second-order valence-corrected chi connectivity index (χ2v) is 9.83. The van der Waals surface area contributed by atoms with Crippen LogP contribution in [-0.2, 0) is 34.9 Å². The fraction of sp³-hybridized carbons (Fsp3) is 0.258. The topological polar surface area (TPSA) is 78.5 Å². The third-order valence-electron chi connectivity index (χ3n) is 6.84. The van der Waals surface area contributed by atoms with Crippen molar-refractivity contribution in [1.82, 2.24) is 4.90 Å². The minimum absolute atomic E-state index is 0.0759. The number of nitrogens with one attached hydrogen (secondary N) is 2. The minimum atomic E-state index is -3.05. The number of carbonyl (C=O) groups excluding carboxylic acids is 3. The van der Waals surface area contributed by atoms with Crippen LogP contribution in [0.5, 0.6) is 0 Å². The van der Waals surface area contributed by atoms with Gasteiger partial charge in [0.1, 0.15) is 0 Å². The van der Waals surface area contributed by atoms with Crippen LogP contribution in [0.15, 0.2) is 61.2 Å². The number of rotatable bonds is 7. The Morgan fingerprint density at radius 1 is 1.05 bits per heavy atom. The van der Waals surface area contributed by atoms with Crippen LogP contribution in [0.4, 0.5) is 20.2 Å². The highest BCUT2D eigenvalue weighted by Gasteiger charge is 2.29. The van der Waals surface area contributed by atoms with Crippen molar-refractivity contribution < 1.29 is 23.2 Å². The lowest BCUT2D eigenvalue weighted by molar-refractivity contribution is -0.116. The molecule has 0 fully saturated rings. The molecule has 0 aliphatic carbocycles. The molecule has 39 heavy (non-hydrogen) atoms. The number of hydrogen-bond donors (Lipinski definition) is 2. The third kappa shape index (κ3) is 6.22. The van der Waals surface area contributed by atoms with E-state index in [0.29, 0.717) is 42.0 Å². The molecule has 0 atom stereocenters. The molecule has 0 saturated heterocycles. The molecule has 1 aliphatic rings. The van der Waals surface area contributed by atoms with E-state index in [0.717, 1.165) is 23.6 Å². The average molecular weight is 532 g/mol. The van der Waals surface area contributed by atoms with Crippen LogP contribution in [0, 0.1) is 6.92 Å². The van der Waals surface area contributed by atoms with Crippen molar-refractivity contribution in [3.8, 4) is 0 Å². The SMILES string of the molecule is C=Cc1c(CC(=O)Nc2c(C)ccc3c2CCN(C(=O)c2ccc(NC(C)=O)cc2)C3)cccc1C(C)(F)F. The van der Waals surface area contributed by atoms with Crippen molar-refractivity contribution in [1.29, 1.82) is 0 Å². The van der Waals surface area contributed by atoms with Gasteiger partial charge in [0.25, 0.3) is 11.8 Å². The summed E-state index contributed by atoms with van der Waals surface area (Å²) in [6, 6.07) is 15.1. The Bertz CT molecular complexity index is 1440. The predicted molar refractivity (Wildman–Crippen MR) is 149 cm³/mol. The molecular weight excluding hydrogens is 500 g/mol. The number of hydrogen-bond acceptors (Lipinski definition) is 3. The normalized spacial score (nSPS) is 12.9. The minimum Gasteiger partial charge on any atom is -0.334 e. The van der Waals surface area contributed by atoms with E-state index in [1.54, 1.807) is 35.2 Å². The molecule has 0 saturated carbocycles. The summed E-state index contributed by atoms with van der Waals surface area (Å²) in [5.74, 6) is -3.67. The van der Waals surface area contributed by atoms with Crippen molar-refractivity contribution in [3.63, 3.8) is 0 Å². The van der Waals surface area contributed by atoms with Gasteiger partial charge in [-0.2, -0.15) is 0 Å². The van der Waals surface area contributed by atoms with Gasteiger partial charge in [0, 0.05) is 49.4 Å². The fourth-order valence-corrected chi connectivity index (χ4v) is 4.95. The number of fused-ring (bicyclic) bond motifs is 1. The Kier molecular flexibility index (Phi) is 7.95. The highest BCUT2D eigenvalue weighted by atomic mass is 19.3. The number of alkyl halides is 2. The van der Waals surface area contributed by atoms with Gasteiger partial charge in [-0.25, -0.2) is 8.78 Å². The summed E-state index contributed by atoms with van der Waals surface area (Å²) < 4.78 is 28.2. The molecule has 4 rings (SSSR count). The highest BCUT2D eigenvalue weighted by Crippen LogP contribution is 2.33. The molecule has 1 aliphatic heterocycles. The molecule has 0 radical (unpaired) electrons. The van der Waals surface area contributed by atoms with E-state index < -0.39 is 5.92 Å². The molecule has 6 nitrogen and oxygen atoms in total. The first kappa shape index (κ1) is 27.7. The van der Waals surface area contributed by atoms with Crippen LogP contribution in [0.3, 0.4) is 0 Å². The van der Waals surface area contributed by atoms with Gasteiger partial charge in [-0.1, -0.05) is 43.0 Å². The first-order valence-electron chi connectivity index (χ1n) is 12.7. The molecule has 202 valence electrons. The van der Waals surface area contributed by atoms with E-state index in [1.165, 1.54) is 25.1 Å². The Balaban J connectivity index is 1.50. The van der Waals surface area contributed by atoms with Gasteiger partial charge in [-0.3, -0.25) is 14.4 Å². The molecule has 3 aromatic rings. The Morgan fingerprint density at radius 2 is 1.77 bits per heavy atom. The Morgan fingerprint density at radius 3 is 2.41 bits per heavy atom. The maximum atomic E-state index is 14.1. The lowest BCUT2D eigenvalue weighted by atomic mass is 9.93. The van der Waals surface area contributed by atoms with Gasteiger partial charge in [-0.05, 0) is 65.4 Å². The number of aryl methyl sites for hydroxylation is 1. The third-order valence-corrected chi connectivity index (χ3v) is 6.84. The summed E-state index contributed by atoms with van der Waals surface area (Å²) in [6.45, 7) is 8.68. The molecule has 0 bridgehead atoms. The molecule has 0 spiro atoms. The fourth-order valence-electron chi connectivity index (χ4n) is 4.95. The van der Waals surface area contributed by atoms with Gasteiger partial charge in [0.15, 0.2) is 0 Å². The first-order chi connectivity index (χ1) is 18.5. The van der Waals surface area contributed by atoms with Crippen LogP contribution >= 0.6 is 0 Å². The molecule has 3 amide bonds. The molecule has 2 N–H and O–H groups in total. The number of carbonyl (C=O) groups is 3. The van der Waals surface area contributed by atoms with E-state index in [-0.39, 0.29) is 35.3 Å². The Hall–Kier alpha value is -4.33. The van der Waals surface area contributed by atoms with E-state index in [1.807, 2.05) is 19.1 Å². The number of halogens is 2. The van der Waals surface area contributed by atoms with E-state index in [9.17, 15) is 23.2 Å². The summed E-state index contributed by atoms with van der Waals surface area (Å²) in [7, 11) is 0. The summed E-state index contributed by atoms with van der Waals surface area (Å²) in [4.78, 5) is 39.2. The second-order valence-electron chi connectivity index (χ2n) is 9.83. The predicted octanol–water partition coefficient (Wildman–Crippen LogP) is 6.09. The summed E-state index contributed by atoms with van der Waals surface area (Å²) in [5, 5.41) is 5.68. The van der Waals surface area contributed by atoms with Gasteiger partial charge >= 0.3 is 0 Å². The van der Waals surface area contributed by atoms with Crippen LogP contribution in [0.1, 0.15) is 57.6 Å². The standard InChI is InChI=1S/C31H31F2N3O3/c1-5-25-22(7-6-8-27(25)31(4,32)33)17-28(38)35-29-19(2)9-10-23-18-36(16-15-26(23)29)30(39)21-11-13-24(14-12-21)34-20(3)37/h5-14H,1,15-18H2,2-4H3,(H,34,37)(H,35,38). The van der Waals surface area contributed by atoms with E-state index in [2.05, 4.69) is 17.2 Å². The van der Waals surface area contributed by atoms with E-state index >= 15 is 0 Å². The zero-order valence-corrected chi connectivity index (χ0v) is 22.2. The summed E-state index contributed by atoms with van der Waals surface area (Å²) in [5.41, 5.74) is 5.20. The number of amides is 3. The lowest BCUT2D eigenvalue weighted by Gasteiger charge is -2.31. The Labute approximate surface area is 226 Å². The number of anilines is 2. The van der Waals surface area contributed by atoms with Gasteiger partial charge < -0.3 is 15.5 Å². The van der Waals surface area contributed by atoms with Crippen molar-refractivity contribution in [2.45, 2.75) is 46.1 Å². The molecule has 3 aromatic carbocycles. The largest absolute Gasteiger partial charge is 0.334 e. The van der Waals surface area contributed by atoms with Gasteiger partial charge in [0.2, 0.25) is 11.8 Å². The smallest absolute Gasteiger partial charge is 0.271 e. The first-order valence-corrected chi connectivity index (χ1v) is 12.7. The van der Waals surface area contributed by atoms with Gasteiger partial charge in [0.05, 0.1) is 6.42 Å². The second kappa shape index (κ2) is 11.2. The maximum Gasteiger partial charge on any atom is 0.271 e. The van der Waals surface area contributed by atoms with Gasteiger partial charge in [-0.15, -0.1) is 0 Å². The summed E-state index contributed by atoms with van der Waals surface area (Å²) in [6.07, 6.45) is 1.84. The average Bonchev–Trinajstić information content (AvgIpc) is 2.89. The van der Waals surface area contributed by atoms with Crippen LogP contribution < -0.4 is 10.6 Å². The highest BCUT2D eigenvalue weighted by molar-refractivity contribution is 5.97. The van der Waals surface area contributed by atoms with Crippen molar-refractivity contribution in [2.75, 3.05) is 17.2 Å². The molecule has 0 aromatic heterocycles. The quantitative estimate of drug-likeness (QED) is 0.387. The lowest BCUT2D eigenvalue weighted by Crippen LogP contribution is -2.36. The van der Waals surface area contributed by atoms with Crippen molar-refractivity contribution >= 4 is 35.2 Å². The van der Waals surface area contributed by atoms with Crippen molar-refractivity contribution in [2.24, 2.45) is 0 Å². The molecular formula is C31H31F2N3O3. The van der Waals surface area contributed by atoms with Crippen LogP contribution in [0.2, 0.25) is 0 Å². The number of benzene rings is 3. The maximum absolute atomic E-state index is 14.1. The zero-order valence-electron chi connectivity index (χ0n) is 22.2. The van der Waals surface area contributed by atoms with E-state index in [4.69, 9.17) is 0 Å². The van der Waals surface area contributed by atoms with Crippen LogP contribution in [0.25, 0.3) is 6.08 Å². The van der Waals surface area contributed by atoms with Crippen LogP contribution in [-0.4, -0.2) is 29.2 Å². The van der Waals surface area contributed by atoms with Crippen molar-refractivity contribution in [3.05, 3.63) is 100 Å². The molecule has 0 unspecified atom stereocenters. The summed E-state index contributed by atoms with van der Waals surface area (Å²) >= 11 is 0. The monoisotopic (exact) mass is 531 g/mol.